The summed E-state index contributed by atoms with van der Waals surface area (Å²) in [5.41, 5.74) is 0. The minimum absolute atomic E-state index is 0.0389. The van der Waals surface area contributed by atoms with E-state index in [0.717, 1.165) is 37.4 Å². The minimum Gasteiger partial charge on any atom is -0.491 e. The van der Waals surface area contributed by atoms with Gasteiger partial charge in [0.2, 0.25) is 6.43 Å². The predicted octanol–water partition coefficient (Wildman–Crippen LogP) is 3.97. The lowest BCUT2D eigenvalue weighted by molar-refractivity contribution is 0.0765. The van der Waals surface area contributed by atoms with Gasteiger partial charge in [0.25, 0.3) is 0 Å². The molecule has 1 fully saturated rings. The van der Waals surface area contributed by atoms with E-state index in [4.69, 9.17) is 9.47 Å². The van der Waals surface area contributed by atoms with Gasteiger partial charge in [-0.25, -0.2) is 8.78 Å². The van der Waals surface area contributed by atoms with Crippen molar-refractivity contribution in [3.63, 3.8) is 0 Å². The molecule has 1 aromatic carbocycles. The lowest BCUT2D eigenvalue weighted by atomic mass is 10.1. The molecule has 0 aromatic heterocycles. The lowest BCUT2D eigenvalue weighted by Gasteiger charge is -2.32. The van der Waals surface area contributed by atoms with Crippen molar-refractivity contribution in [3.05, 3.63) is 24.3 Å². The zero-order valence-electron chi connectivity index (χ0n) is 13.3. The number of likely N-dealkylation sites (tertiary alicyclic amines) is 1. The van der Waals surface area contributed by atoms with E-state index in [0.29, 0.717) is 6.54 Å². The highest BCUT2D eigenvalue weighted by molar-refractivity contribution is 5.31. The highest BCUT2D eigenvalue weighted by Gasteiger charge is 2.21. The summed E-state index contributed by atoms with van der Waals surface area (Å²) in [6.45, 7) is 6.11. The topological polar surface area (TPSA) is 21.7 Å². The van der Waals surface area contributed by atoms with Crippen LogP contribution in [-0.4, -0.2) is 43.2 Å². The normalized spacial score (nSPS) is 17.2. The Hall–Kier alpha value is -1.36. The first-order valence-corrected chi connectivity index (χ1v) is 7.97. The smallest absolute Gasteiger partial charge is 0.239 e. The van der Waals surface area contributed by atoms with Crippen molar-refractivity contribution in [2.45, 2.75) is 51.7 Å². The molecular formula is C17H25F2NO2. The molecule has 0 N–H and O–H groups in total. The average Bonchev–Trinajstić information content (AvgIpc) is 2.48. The van der Waals surface area contributed by atoms with E-state index in [1.807, 2.05) is 38.1 Å². The number of hydrogen-bond donors (Lipinski definition) is 0. The summed E-state index contributed by atoms with van der Waals surface area (Å²) in [5, 5.41) is 0. The molecule has 2 rings (SSSR count). The Kier molecular flexibility index (Phi) is 6.43. The van der Waals surface area contributed by atoms with Crippen LogP contribution in [0.4, 0.5) is 8.78 Å². The van der Waals surface area contributed by atoms with E-state index in [1.54, 1.807) is 0 Å². The second-order valence-corrected chi connectivity index (χ2v) is 5.98. The first kappa shape index (κ1) is 17.0. The van der Waals surface area contributed by atoms with Crippen molar-refractivity contribution in [3.8, 4) is 11.5 Å². The number of rotatable bonds is 7. The number of nitrogens with zero attached hydrogens (tertiary/aromatic N) is 1. The summed E-state index contributed by atoms with van der Waals surface area (Å²) in [6.07, 6.45) is -0.159. The Morgan fingerprint density at radius 3 is 2.23 bits per heavy atom. The van der Waals surface area contributed by atoms with Gasteiger partial charge in [0.15, 0.2) is 0 Å². The van der Waals surface area contributed by atoms with Crippen LogP contribution in [-0.2, 0) is 0 Å². The molecule has 0 bridgehead atoms. The molecule has 1 aliphatic heterocycles. The van der Waals surface area contributed by atoms with E-state index < -0.39 is 6.43 Å². The second-order valence-electron chi connectivity index (χ2n) is 5.98. The second kappa shape index (κ2) is 8.32. The quantitative estimate of drug-likeness (QED) is 0.760. The fourth-order valence-electron chi connectivity index (χ4n) is 2.59. The Bertz CT molecular complexity index is 429. The summed E-state index contributed by atoms with van der Waals surface area (Å²) in [4.78, 5) is 2.09. The van der Waals surface area contributed by atoms with Gasteiger partial charge in [-0.3, -0.25) is 0 Å². The molecular weight excluding hydrogens is 288 g/mol. The molecule has 124 valence electrons. The largest absolute Gasteiger partial charge is 0.491 e. The van der Waals surface area contributed by atoms with Crippen LogP contribution >= 0.6 is 0 Å². The first-order valence-electron chi connectivity index (χ1n) is 7.97. The number of piperidine rings is 1. The van der Waals surface area contributed by atoms with Crippen LogP contribution < -0.4 is 9.47 Å². The molecule has 3 nitrogen and oxygen atoms in total. The van der Waals surface area contributed by atoms with E-state index in [2.05, 4.69) is 4.90 Å². The molecule has 0 radical (unpaired) electrons. The molecule has 1 aromatic rings. The summed E-state index contributed by atoms with van der Waals surface area (Å²) in [6, 6.07) is 7.65. The third-order valence-electron chi connectivity index (χ3n) is 3.70. The van der Waals surface area contributed by atoms with E-state index in [9.17, 15) is 8.78 Å². The molecule has 0 atom stereocenters. The highest BCUT2D eigenvalue weighted by atomic mass is 19.3. The van der Waals surface area contributed by atoms with E-state index in [1.165, 1.54) is 0 Å². The molecule has 0 unspecified atom stereocenters. The molecule has 0 aliphatic carbocycles. The minimum atomic E-state index is -2.21. The fourth-order valence-corrected chi connectivity index (χ4v) is 2.59. The SMILES string of the molecule is CC(C)Oc1ccc(OC2CCN(CCC(F)F)CC2)cc1. The first-order chi connectivity index (χ1) is 10.5. The Morgan fingerprint density at radius 2 is 1.68 bits per heavy atom. The van der Waals surface area contributed by atoms with Gasteiger partial charge in [-0.05, 0) is 51.0 Å². The molecule has 22 heavy (non-hydrogen) atoms. The van der Waals surface area contributed by atoms with E-state index in [-0.39, 0.29) is 18.6 Å². The van der Waals surface area contributed by atoms with Crippen molar-refractivity contribution in [2.75, 3.05) is 19.6 Å². The Morgan fingerprint density at radius 1 is 1.09 bits per heavy atom. The Balaban J connectivity index is 1.73. The van der Waals surface area contributed by atoms with Gasteiger partial charge in [-0.1, -0.05) is 0 Å². The van der Waals surface area contributed by atoms with Crippen LogP contribution in [0.15, 0.2) is 24.3 Å². The van der Waals surface area contributed by atoms with Crippen molar-refractivity contribution in [1.82, 2.24) is 4.90 Å². The van der Waals surface area contributed by atoms with Crippen molar-refractivity contribution < 1.29 is 18.3 Å². The number of hydrogen-bond acceptors (Lipinski definition) is 3. The monoisotopic (exact) mass is 313 g/mol. The maximum atomic E-state index is 12.2. The zero-order valence-corrected chi connectivity index (χ0v) is 13.3. The maximum Gasteiger partial charge on any atom is 0.239 e. The molecule has 5 heteroatoms. The predicted molar refractivity (Wildman–Crippen MR) is 82.9 cm³/mol. The average molecular weight is 313 g/mol. The molecule has 0 amide bonds. The number of benzene rings is 1. The van der Waals surface area contributed by atoms with Crippen LogP contribution in [0.3, 0.4) is 0 Å². The molecule has 1 saturated heterocycles. The van der Waals surface area contributed by atoms with Crippen molar-refractivity contribution in [1.29, 1.82) is 0 Å². The maximum absolute atomic E-state index is 12.2. The number of halogens is 2. The van der Waals surface area contributed by atoms with Crippen LogP contribution in [0.1, 0.15) is 33.1 Å². The summed E-state index contributed by atoms with van der Waals surface area (Å²) < 4.78 is 36.0. The van der Waals surface area contributed by atoms with Gasteiger partial charge in [0, 0.05) is 26.1 Å². The van der Waals surface area contributed by atoms with Gasteiger partial charge < -0.3 is 14.4 Å². The molecule has 1 aliphatic rings. The summed E-state index contributed by atoms with van der Waals surface area (Å²) >= 11 is 0. The third kappa shape index (κ3) is 5.79. The molecule has 1 heterocycles. The summed E-state index contributed by atoms with van der Waals surface area (Å²) in [5.74, 6) is 1.67. The van der Waals surface area contributed by atoms with E-state index >= 15 is 0 Å². The van der Waals surface area contributed by atoms with Crippen LogP contribution in [0.5, 0.6) is 11.5 Å². The number of alkyl halides is 2. The standard InChI is InChI=1S/C17H25F2NO2/c1-13(2)21-14-3-5-15(6-4-14)22-16-7-10-20(11-8-16)12-9-17(18)19/h3-6,13,16-17H,7-12H2,1-2H3. The third-order valence-corrected chi connectivity index (χ3v) is 3.70. The molecule has 0 spiro atoms. The van der Waals surface area contributed by atoms with Crippen LogP contribution in [0.2, 0.25) is 0 Å². The van der Waals surface area contributed by atoms with Gasteiger partial charge in [-0.15, -0.1) is 0 Å². The zero-order chi connectivity index (χ0) is 15.9. The van der Waals surface area contributed by atoms with Gasteiger partial charge in [-0.2, -0.15) is 0 Å². The van der Waals surface area contributed by atoms with Crippen LogP contribution in [0, 0.1) is 0 Å². The Labute approximate surface area is 131 Å². The van der Waals surface area contributed by atoms with Gasteiger partial charge in [0.1, 0.15) is 17.6 Å². The van der Waals surface area contributed by atoms with Gasteiger partial charge in [0.05, 0.1) is 6.10 Å². The summed E-state index contributed by atoms with van der Waals surface area (Å²) in [7, 11) is 0. The van der Waals surface area contributed by atoms with Crippen molar-refractivity contribution in [2.24, 2.45) is 0 Å². The van der Waals surface area contributed by atoms with Crippen molar-refractivity contribution >= 4 is 0 Å². The number of ether oxygens (including phenoxy) is 2. The molecule has 0 saturated carbocycles. The highest BCUT2D eigenvalue weighted by Crippen LogP contribution is 2.22. The van der Waals surface area contributed by atoms with Gasteiger partial charge >= 0.3 is 0 Å². The fraction of sp³-hybridized carbons (Fsp3) is 0.647. The lowest BCUT2D eigenvalue weighted by Crippen LogP contribution is -2.39. The van der Waals surface area contributed by atoms with Crippen LogP contribution in [0.25, 0.3) is 0 Å².